The monoisotopic (exact) mass is 671 g/mol. The normalized spacial score (nSPS) is 27.8. The van der Waals surface area contributed by atoms with Crippen molar-refractivity contribution in [1.82, 2.24) is 0 Å². The third kappa shape index (κ3) is 4.52. The molecule has 4 fully saturated rings. The largest absolute Gasteiger partial charge is 0.310 e. The topological polar surface area (TPSA) is 3.24 Å². The number of benzene rings is 5. The van der Waals surface area contributed by atoms with E-state index in [0.29, 0.717) is 0 Å². The predicted molar refractivity (Wildman–Crippen MR) is 210 cm³/mol. The second-order valence-electron chi connectivity index (χ2n) is 17.7. The van der Waals surface area contributed by atoms with Gasteiger partial charge in [0, 0.05) is 32.3 Å². The van der Waals surface area contributed by atoms with Crippen LogP contribution in [0.1, 0.15) is 94.9 Å². The van der Waals surface area contributed by atoms with Gasteiger partial charge < -0.3 is 4.90 Å². The van der Waals surface area contributed by atoms with Gasteiger partial charge in [0.2, 0.25) is 0 Å². The van der Waals surface area contributed by atoms with Crippen LogP contribution in [0.15, 0.2) is 125 Å². The summed E-state index contributed by atoms with van der Waals surface area (Å²) in [6, 6.07) is 44.5. The van der Waals surface area contributed by atoms with E-state index in [-0.39, 0.29) is 16.2 Å². The van der Waals surface area contributed by atoms with Crippen LogP contribution in [0.3, 0.4) is 0 Å². The minimum absolute atomic E-state index is 0.103. The summed E-state index contributed by atoms with van der Waals surface area (Å²) in [5.41, 5.74) is 13.2. The zero-order chi connectivity index (χ0) is 33.8. The number of nitrogens with zero attached hydrogens (tertiary/aromatic N) is 1. The van der Waals surface area contributed by atoms with Crippen LogP contribution in [0.25, 0.3) is 11.1 Å². The number of para-hydroxylation sites is 1. The van der Waals surface area contributed by atoms with E-state index in [1.54, 1.807) is 11.1 Å². The first kappa shape index (κ1) is 31.0. The van der Waals surface area contributed by atoms with Crippen LogP contribution in [-0.2, 0) is 16.2 Å². The Balaban J connectivity index is 1.17. The van der Waals surface area contributed by atoms with Gasteiger partial charge in [-0.3, -0.25) is 0 Å². The van der Waals surface area contributed by atoms with Crippen molar-refractivity contribution in [3.05, 3.63) is 138 Å². The highest BCUT2D eigenvalue weighted by atomic mass is 32.2. The Hall–Kier alpha value is -3.75. The summed E-state index contributed by atoms with van der Waals surface area (Å²) in [6.07, 6.45) is 9.50. The van der Waals surface area contributed by atoms with Crippen molar-refractivity contribution >= 4 is 28.8 Å². The van der Waals surface area contributed by atoms with Crippen molar-refractivity contribution in [1.29, 1.82) is 0 Å². The van der Waals surface area contributed by atoms with Crippen LogP contribution in [0, 0.1) is 23.7 Å². The van der Waals surface area contributed by atoms with E-state index in [4.69, 9.17) is 0 Å². The molecule has 1 spiro atoms. The summed E-state index contributed by atoms with van der Waals surface area (Å²) in [4.78, 5) is 5.49. The maximum atomic E-state index is 2.58. The van der Waals surface area contributed by atoms with Crippen LogP contribution in [0.5, 0.6) is 0 Å². The van der Waals surface area contributed by atoms with Gasteiger partial charge in [-0.2, -0.15) is 0 Å². The highest BCUT2D eigenvalue weighted by molar-refractivity contribution is 7.99. The van der Waals surface area contributed by atoms with Crippen LogP contribution in [0.2, 0.25) is 0 Å². The van der Waals surface area contributed by atoms with Gasteiger partial charge in [0.1, 0.15) is 0 Å². The SMILES string of the molecule is CC1(C)CCC(C)(C)c2cc(N(c3ccccc3)c3ccc4c(c3)Sc3c(-c5ccccc5)cccc3C43C4CC5CC(C4)CC3C5)ccc21. The van der Waals surface area contributed by atoms with Crippen LogP contribution in [0.4, 0.5) is 17.1 Å². The van der Waals surface area contributed by atoms with Gasteiger partial charge >= 0.3 is 0 Å². The van der Waals surface area contributed by atoms with Gasteiger partial charge in [-0.25, -0.2) is 0 Å². The Kier molecular flexibility index (Phi) is 6.90. The first-order chi connectivity index (χ1) is 24.2. The third-order valence-electron chi connectivity index (χ3n) is 14.0. The van der Waals surface area contributed by atoms with E-state index in [0.717, 1.165) is 23.7 Å². The highest BCUT2D eigenvalue weighted by Crippen LogP contribution is 2.69. The molecule has 1 aliphatic heterocycles. The van der Waals surface area contributed by atoms with E-state index < -0.39 is 0 Å². The quantitative estimate of drug-likeness (QED) is 0.187. The van der Waals surface area contributed by atoms with E-state index in [2.05, 4.69) is 148 Å². The fraction of sp³-hybridized carbons (Fsp3) is 0.375. The van der Waals surface area contributed by atoms with Crippen molar-refractivity contribution in [2.45, 2.75) is 98.7 Å². The molecule has 0 radical (unpaired) electrons. The molecule has 1 heterocycles. The first-order valence-electron chi connectivity index (χ1n) is 19.2. The Morgan fingerprint density at radius 2 is 1.12 bits per heavy atom. The molecular formula is C48H49NS. The molecule has 50 heavy (non-hydrogen) atoms. The molecule has 0 N–H and O–H groups in total. The fourth-order valence-corrected chi connectivity index (χ4v) is 13.1. The van der Waals surface area contributed by atoms with E-state index in [9.17, 15) is 0 Å². The Bertz CT molecular complexity index is 2080. The lowest BCUT2D eigenvalue weighted by Gasteiger charge is -2.63. The third-order valence-corrected chi connectivity index (χ3v) is 15.2. The number of hydrogen-bond donors (Lipinski definition) is 0. The summed E-state index contributed by atoms with van der Waals surface area (Å²) in [6.45, 7) is 9.74. The van der Waals surface area contributed by atoms with Crippen LogP contribution in [-0.4, -0.2) is 0 Å². The maximum Gasteiger partial charge on any atom is 0.0473 e. The van der Waals surface area contributed by atoms with Crippen molar-refractivity contribution in [2.24, 2.45) is 23.7 Å². The lowest BCUT2D eigenvalue weighted by atomic mass is 9.42. The predicted octanol–water partition coefficient (Wildman–Crippen LogP) is 13.4. The van der Waals surface area contributed by atoms with Gasteiger partial charge in [-0.15, -0.1) is 0 Å². The summed E-state index contributed by atoms with van der Waals surface area (Å²) in [5.74, 6) is 3.30. The molecule has 252 valence electrons. The van der Waals surface area contributed by atoms with Crippen molar-refractivity contribution < 1.29 is 0 Å². The lowest BCUT2D eigenvalue weighted by Crippen LogP contribution is -2.57. The Morgan fingerprint density at radius 3 is 1.80 bits per heavy atom. The standard InChI is InChI=1S/C48H49NS/c1-46(2)22-23-47(3,4)43-29-37(18-20-40(43)46)49(36-14-9-6-10-15-36)38-19-21-41-44(30-38)50-45-39(33-12-7-5-8-13-33)16-11-17-42(45)48(41)34-25-31-24-32(27-34)28-35(48)26-31/h5-21,29-32,34-35H,22-28H2,1-4H3. The molecule has 0 atom stereocenters. The van der Waals surface area contributed by atoms with Crippen LogP contribution >= 0.6 is 11.8 Å². The molecule has 0 amide bonds. The molecule has 5 aliphatic carbocycles. The lowest BCUT2D eigenvalue weighted by molar-refractivity contribution is -0.0443. The summed E-state index contributed by atoms with van der Waals surface area (Å²) >= 11 is 2.04. The average Bonchev–Trinajstić information content (AvgIpc) is 3.12. The molecule has 11 rings (SSSR count). The maximum absolute atomic E-state index is 2.58. The van der Waals surface area contributed by atoms with Crippen molar-refractivity contribution in [3.8, 4) is 11.1 Å². The second-order valence-corrected chi connectivity index (χ2v) is 18.7. The van der Waals surface area contributed by atoms with E-state index >= 15 is 0 Å². The molecule has 4 saturated carbocycles. The molecule has 5 aromatic rings. The zero-order valence-corrected chi connectivity index (χ0v) is 30.9. The summed E-state index contributed by atoms with van der Waals surface area (Å²) in [5, 5.41) is 0. The van der Waals surface area contributed by atoms with Gasteiger partial charge in [-0.05, 0) is 149 Å². The van der Waals surface area contributed by atoms with Crippen molar-refractivity contribution in [3.63, 3.8) is 0 Å². The molecule has 6 aliphatic rings. The Morgan fingerprint density at radius 1 is 0.520 bits per heavy atom. The number of hydrogen-bond acceptors (Lipinski definition) is 2. The van der Waals surface area contributed by atoms with Gasteiger partial charge in [0.15, 0.2) is 0 Å². The summed E-state index contributed by atoms with van der Waals surface area (Å²) in [7, 11) is 0. The number of fused-ring (bicyclic) bond motifs is 3. The van der Waals surface area contributed by atoms with Crippen LogP contribution < -0.4 is 4.90 Å². The molecule has 4 bridgehead atoms. The minimum atomic E-state index is 0.103. The molecule has 0 unspecified atom stereocenters. The van der Waals surface area contributed by atoms with Crippen molar-refractivity contribution in [2.75, 3.05) is 4.90 Å². The highest BCUT2D eigenvalue weighted by Gasteiger charge is 2.61. The average molecular weight is 672 g/mol. The second kappa shape index (κ2) is 11.1. The fourth-order valence-electron chi connectivity index (χ4n) is 11.7. The van der Waals surface area contributed by atoms with Gasteiger partial charge in [0.05, 0.1) is 0 Å². The molecule has 0 aromatic heterocycles. The number of anilines is 3. The zero-order valence-electron chi connectivity index (χ0n) is 30.1. The molecule has 5 aromatic carbocycles. The van der Waals surface area contributed by atoms with E-state index in [1.165, 1.54) is 94.1 Å². The smallest absolute Gasteiger partial charge is 0.0473 e. The Labute approximate surface area is 303 Å². The summed E-state index contributed by atoms with van der Waals surface area (Å²) < 4.78 is 0. The molecule has 0 saturated heterocycles. The number of rotatable bonds is 4. The molecule has 2 heteroatoms. The minimum Gasteiger partial charge on any atom is -0.310 e. The van der Waals surface area contributed by atoms with E-state index in [1.807, 2.05) is 11.8 Å². The van der Waals surface area contributed by atoms with Gasteiger partial charge in [0.25, 0.3) is 0 Å². The molecular weight excluding hydrogens is 623 g/mol. The molecule has 1 nitrogen and oxygen atoms in total. The first-order valence-corrected chi connectivity index (χ1v) is 20.1. The van der Waals surface area contributed by atoms with Gasteiger partial charge in [-0.1, -0.05) is 118 Å².